The minimum atomic E-state index is -3.90. The van der Waals surface area contributed by atoms with Crippen molar-refractivity contribution in [2.75, 3.05) is 0 Å². The molecule has 0 amide bonds. The lowest BCUT2D eigenvalue weighted by atomic mass is 10.2. The molecule has 2 N–H and O–H groups in total. The minimum absolute atomic E-state index is 0.211. The molecule has 7 heteroatoms. The largest absolute Gasteiger partial charge is 0.310 e. The van der Waals surface area contributed by atoms with E-state index in [0.29, 0.717) is 6.04 Å². The summed E-state index contributed by atoms with van der Waals surface area (Å²) in [6.07, 6.45) is 2.14. The van der Waals surface area contributed by atoms with Crippen LogP contribution in [0.1, 0.15) is 32.3 Å². The Morgan fingerprint density at radius 1 is 1.40 bits per heavy atom. The Labute approximate surface area is 123 Å². The smallest absolute Gasteiger partial charge is 0.243 e. The van der Waals surface area contributed by atoms with Gasteiger partial charge < -0.3 is 5.32 Å². The zero-order valence-electron chi connectivity index (χ0n) is 11.4. The Bertz CT molecular complexity index is 601. The molecular weight excluding hydrogens is 303 g/mol. The standard InChI is InChI=1S/C13H18ClFN2O2S/c1-8(2)17-20(18,19)12-6-10(14)5-9(13(12)15)7-16-11-3-4-11/h5-6,8,11,16-17H,3-4,7H2,1-2H3. The quantitative estimate of drug-likeness (QED) is 0.846. The first-order valence-electron chi connectivity index (χ1n) is 6.53. The lowest BCUT2D eigenvalue weighted by molar-refractivity contribution is 0.536. The van der Waals surface area contributed by atoms with Crippen molar-refractivity contribution in [2.45, 2.75) is 50.2 Å². The molecule has 20 heavy (non-hydrogen) atoms. The molecule has 112 valence electrons. The van der Waals surface area contributed by atoms with Gasteiger partial charge in [-0.25, -0.2) is 17.5 Å². The molecule has 2 rings (SSSR count). The summed E-state index contributed by atoms with van der Waals surface area (Å²) in [6.45, 7) is 3.63. The van der Waals surface area contributed by atoms with E-state index >= 15 is 0 Å². The Morgan fingerprint density at radius 3 is 2.60 bits per heavy atom. The van der Waals surface area contributed by atoms with E-state index in [1.807, 2.05) is 0 Å². The summed E-state index contributed by atoms with van der Waals surface area (Å²) < 4.78 is 40.9. The number of hydrogen-bond donors (Lipinski definition) is 2. The van der Waals surface area contributed by atoms with Crippen LogP contribution in [0.3, 0.4) is 0 Å². The van der Waals surface area contributed by atoms with Crippen LogP contribution in [0.15, 0.2) is 17.0 Å². The molecule has 0 atom stereocenters. The van der Waals surface area contributed by atoms with Crippen molar-refractivity contribution in [3.63, 3.8) is 0 Å². The van der Waals surface area contributed by atoms with Gasteiger partial charge >= 0.3 is 0 Å². The molecule has 1 aromatic carbocycles. The maximum absolute atomic E-state index is 14.4. The van der Waals surface area contributed by atoms with E-state index in [2.05, 4.69) is 10.0 Å². The van der Waals surface area contributed by atoms with Gasteiger partial charge in [-0.1, -0.05) is 11.6 Å². The Hall–Kier alpha value is -0.690. The van der Waals surface area contributed by atoms with Gasteiger partial charge in [-0.05, 0) is 38.8 Å². The molecular formula is C13H18ClFN2O2S. The van der Waals surface area contributed by atoms with E-state index in [1.165, 1.54) is 6.07 Å². The number of nitrogens with one attached hydrogen (secondary N) is 2. The normalized spacial score (nSPS) is 15.8. The first kappa shape index (κ1) is 15.7. The molecule has 1 aliphatic rings. The van der Waals surface area contributed by atoms with Crippen LogP contribution in [-0.4, -0.2) is 20.5 Å². The van der Waals surface area contributed by atoms with Crippen molar-refractivity contribution in [3.8, 4) is 0 Å². The van der Waals surface area contributed by atoms with Crippen molar-refractivity contribution in [1.29, 1.82) is 0 Å². The van der Waals surface area contributed by atoms with Crippen LogP contribution in [0, 0.1) is 5.82 Å². The molecule has 0 spiro atoms. The molecule has 4 nitrogen and oxygen atoms in total. The van der Waals surface area contributed by atoms with Crippen molar-refractivity contribution < 1.29 is 12.8 Å². The van der Waals surface area contributed by atoms with Crippen molar-refractivity contribution >= 4 is 21.6 Å². The monoisotopic (exact) mass is 320 g/mol. The Kier molecular flexibility index (Phi) is 4.69. The molecule has 1 fully saturated rings. The molecule has 1 aromatic rings. The highest BCUT2D eigenvalue weighted by molar-refractivity contribution is 7.89. The van der Waals surface area contributed by atoms with Gasteiger partial charge in [0.15, 0.2) is 0 Å². The zero-order chi connectivity index (χ0) is 14.9. The summed E-state index contributed by atoms with van der Waals surface area (Å²) in [5.41, 5.74) is 0.272. The van der Waals surface area contributed by atoms with Gasteiger partial charge in [-0.2, -0.15) is 0 Å². The van der Waals surface area contributed by atoms with E-state index in [-0.39, 0.29) is 23.2 Å². The predicted molar refractivity (Wildman–Crippen MR) is 76.7 cm³/mol. The highest BCUT2D eigenvalue weighted by Crippen LogP contribution is 2.25. The van der Waals surface area contributed by atoms with Crippen LogP contribution in [0.25, 0.3) is 0 Å². The molecule has 0 saturated heterocycles. The zero-order valence-corrected chi connectivity index (χ0v) is 13.0. The van der Waals surface area contributed by atoms with Gasteiger partial charge in [-0.15, -0.1) is 0 Å². The van der Waals surface area contributed by atoms with Crippen LogP contribution in [0.2, 0.25) is 5.02 Å². The summed E-state index contributed by atoms with van der Waals surface area (Å²) in [6, 6.07) is 2.69. The third-order valence-electron chi connectivity index (χ3n) is 2.92. The van der Waals surface area contributed by atoms with Crippen LogP contribution in [-0.2, 0) is 16.6 Å². The number of hydrogen-bond acceptors (Lipinski definition) is 3. The number of sulfonamides is 1. The van der Waals surface area contributed by atoms with Crippen molar-refractivity contribution in [3.05, 3.63) is 28.5 Å². The van der Waals surface area contributed by atoms with Crippen LogP contribution in [0.5, 0.6) is 0 Å². The van der Waals surface area contributed by atoms with Crippen molar-refractivity contribution in [1.82, 2.24) is 10.0 Å². The van der Waals surface area contributed by atoms with E-state index in [4.69, 9.17) is 11.6 Å². The summed E-state index contributed by atoms with van der Waals surface area (Å²) in [7, 11) is -3.90. The van der Waals surface area contributed by atoms with Crippen LogP contribution in [0.4, 0.5) is 4.39 Å². The van der Waals surface area contributed by atoms with Crippen molar-refractivity contribution in [2.24, 2.45) is 0 Å². The second-order valence-electron chi connectivity index (χ2n) is 5.31. The van der Waals surface area contributed by atoms with Gasteiger partial charge in [0.05, 0.1) is 0 Å². The Balaban J connectivity index is 2.32. The average molecular weight is 321 g/mol. The van der Waals surface area contributed by atoms with E-state index in [1.54, 1.807) is 13.8 Å². The Morgan fingerprint density at radius 2 is 2.05 bits per heavy atom. The lowest BCUT2D eigenvalue weighted by Gasteiger charge is -2.13. The third-order valence-corrected chi connectivity index (χ3v) is 4.79. The molecule has 0 heterocycles. The van der Waals surface area contributed by atoms with E-state index in [9.17, 15) is 12.8 Å². The second-order valence-corrected chi connectivity index (χ2v) is 7.43. The number of benzene rings is 1. The first-order valence-corrected chi connectivity index (χ1v) is 8.39. The maximum Gasteiger partial charge on any atom is 0.243 e. The van der Waals surface area contributed by atoms with Gasteiger partial charge in [0.1, 0.15) is 10.7 Å². The lowest BCUT2D eigenvalue weighted by Crippen LogP contribution is -2.31. The second kappa shape index (κ2) is 5.97. The topological polar surface area (TPSA) is 58.2 Å². The molecule has 0 radical (unpaired) electrons. The average Bonchev–Trinajstić information content (AvgIpc) is 3.11. The van der Waals surface area contributed by atoms with Gasteiger partial charge in [0, 0.05) is 29.2 Å². The van der Waals surface area contributed by atoms with E-state index in [0.717, 1.165) is 18.9 Å². The summed E-state index contributed by atoms with van der Waals surface area (Å²) in [4.78, 5) is -0.397. The van der Waals surface area contributed by atoms with Gasteiger partial charge in [-0.3, -0.25) is 0 Å². The minimum Gasteiger partial charge on any atom is -0.310 e. The SMILES string of the molecule is CC(C)NS(=O)(=O)c1cc(Cl)cc(CNC2CC2)c1F. The van der Waals surface area contributed by atoms with E-state index < -0.39 is 20.7 Å². The van der Waals surface area contributed by atoms with Crippen LogP contribution < -0.4 is 10.0 Å². The fourth-order valence-corrected chi connectivity index (χ4v) is 3.56. The number of halogens is 2. The molecule has 1 saturated carbocycles. The molecule has 1 aliphatic carbocycles. The fraction of sp³-hybridized carbons (Fsp3) is 0.538. The van der Waals surface area contributed by atoms with Crippen LogP contribution >= 0.6 is 11.6 Å². The third kappa shape index (κ3) is 3.91. The molecule has 0 aliphatic heterocycles. The predicted octanol–water partition coefficient (Wildman–Crippen LogP) is 2.42. The molecule has 0 bridgehead atoms. The summed E-state index contributed by atoms with van der Waals surface area (Å²) in [5, 5.41) is 3.36. The molecule has 0 unspecified atom stereocenters. The highest BCUT2D eigenvalue weighted by Gasteiger charge is 2.25. The number of rotatable bonds is 6. The maximum atomic E-state index is 14.4. The fourth-order valence-electron chi connectivity index (χ4n) is 1.86. The highest BCUT2D eigenvalue weighted by atomic mass is 35.5. The first-order chi connectivity index (χ1) is 9.29. The van der Waals surface area contributed by atoms with Gasteiger partial charge in [0.25, 0.3) is 0 Å². The summed E-state index contributed by atoms with van der Waals surface area (Å²) in [5.74, 6) is -0.740. The molecule has 0 aromatic heterocycles. The van der Waals surface area contributed by atoms with Gasteiger partial charge in [0.2, 0.25) is 10.0 Å². The summed E-state index contributed by atoms with van der Waals surface area (Å²) >= 11 is 5.91.